The van der Waals surface area contributed by atoms with Gasteiger partial charge in [0.05, 0.1) is 17.6 Å². The van der Waals surface area contributed by atoms with Gasteiger partial charge in [0, 0.05) is 27.2 Å². The first kappa shape index (κ1) is 17.5. The maximum atomic E-state index is 12.5. The average molecular weight is 324 g/mol. The lowest BCUT2D eigenvalue weighted by atomic mass is 10.2. The standard InChI is InChI=1S/C12H16F3N5.ClH/c1-8-5-17-20(3)10(8)7-16-6-9-4-11(12(13,14)15)18-19(9)2;/h4-5,16H,6-7H2,1-3H3;1H. The maximum Gasteiger partial charge on any atom is 0.435 e. The lowest BCUT2D eigenvalue weighted by molar-refractivity contribution is -0.141. The number of nitrogens with zero attached hydrogens (tertiary/aromatic N) is 4. The van der Waals surface area contributed by atoms with Gasteiger partial charge in [-0.2, -0.15) is 23.4 Å². The summed E-state index contributed by atoms with van der Waals surface area (Å²) in [5.41, 5.74) is 1.66. The molecule has 2 aromatic rings. The van der Waals surface area contributed by atoms with Crippen molar-refractivity contribution < 1.29 is 13.2 Å². The van der Waals surface area contributed by atoms with Gasteiger partial charge in [-0.15, -0.1) is 12.4 Å². The first-order valence-corrected chi connectivity index (χ1v) is 6.07. The first-order valence-electron chi connectivity index (χ1n) is 6.07. The number of halogens is 4. The zero-order valence-electron chi connectivity index (χ0n) is 11.9. The molecule has 0 aliphatic carbocycles. The van der Waals surface area contributed by atoms with E-state index in [0.717, 1.165) is 17.3 Å². The van der Waals surface area contributed by atoms with Crippen molar-refractivity contribution in [3.05, 3.63) is 34.9 Å². The van der Waals surface area contributed by atoms with E-state index in [4.69, 9.17) is 0 Å². The summed E-state index contributed by atoms with van der Waals surface area (Å²) in [5.74, 6) is 0. The lowest BCUT2D eigenvalue weighted by Gasteiger charge is -2.06. The van der Waals surface area contributed by atoms with E-state index in [1.165, 1.54) is 11.7 Å². The SMILES string of the molecule is Cc1cnn(C)c1CNCc1cc(C(F)(F)F)nn1C.Cl. The molecule has 0 spiro atoms. The van der Waals surface area contributed by atoms with Crippen LogP contribution in [-0.2, 0) is 33.4 Å². The van der Waals surface area contributed by atoms with Crippen molar-refractivity contribution in [3.63, 3.8) is 0 Å². The van der Waals surface area contributed by atoms with Gasteiger partial charge < -0.3 is 5.32 Å². The second kappa shape index (κ2) is 6.48. The third-order valence-corrected chi connectivity index (χ3v) is 3.14. The highest BCUT2D eigenvalue weighted by atomic mass is 35.5. The quantitative estimate of drug-likeness (QED) is 0.938. The molecule has 0 radical (unpaired) electrons. The molecular formula is C12H17ClF3N5. The molecule has 5 nitrogen and oxygen atoms in total. The van der Waals surface area contributed by atoms with E-state index in [1.807, 2.05) is 14.0 Å². The van der Waals surface area contributed by atoms with Crippen LogP contribution in [-0.4, -0.2) is 19.6 Å². The van der Waals surface area contributed by atoms with E-state index in [1.54, 1.807) is 10.9 Å². The first-order chi connectivity index (χ1) is 9.29. The van der Waals surface area contributed by atoms with Gasteiger partial charge in [0.15, 0.2) is 5.69 Å². The molecule has 0 bridgehead atoms. The van der Waals surface area contributed by atoms with Gasteiger partial charge in [-0.3, -0.25) is 9.36 Å². The van der Waals surface area contributed by atoms with Crippen molar-refractivity contribution in [3.8, 4) is 0 Å². The maximum absolute atomic E-state index is 12.5. The minimum atomic E-state index is -4.41. The normalized spacial score (nSPS) is 11.5. The molecule has 21 heavy (non-hydrogen) atoms. The monoisotopic (exact) mass is 323 g/mol. The Morgan fingerprint density at radius 2 is 1.86 bits per heavy atom. The minimum Gasteiger partial charge on any atom is -0.306 e. The van der Waals surface area contributed by atoms with Gasteiger partial charge in [-0.25, -0.2) is 0 Å². The van der Waals surface area contributed by atoms with Crippen LogP contribution in [0.5, 0.6) is 0 Å². The molecule has 2 rings (SSSR count). The minimum absolute atomic E-state index is 0. The summed E-state index contributed by atoms with van der Waals surface area (Å²) >= 11 is 0. The number of nitrogens with one attached hydrogen (secondary N) is 1. The summed E-state index contributed by atoms with van der Waals surface area (Å²) < 4.78 is 40.6. The summed E-state index contributed by atoms with van der Waals surface area (Å²) in [6, 6.07) is 1.06. The molecule has 0 amide bonds. The Morgan fingerprint density at radius 3 is 2.33 bits per heavy atom. The van der Waals surface area contributed by atoms with E-state index in [-0.39, 0.29) is 12.4 Å². The third-order valence-electron chi connectivity index (χ3n) is 3.14. The van der Waals surface area contributed by atoms with Crippen molar-refractivity contribution in [2.24, 2.45) is 14.1 Å². The molecule has 0 aliphatic heterocycles. The Hall–Kier alpha value is -1.54. The van der Waals surface area contributed by atoms with Crippen LogP contribution in [0.2, 0.25) is 0 Å². The zero-order valence-corrected chi connectivity index (χ0v) is 12.7. The molecule has 0 saturated heterocycles. The van der Waals surface area contributed by atoms with Crippen LogP contribution in [0.3, 0.4) is 0 Å². The van der Waals surface area contributed by atoms with Crippen molar-refractivity contribution in [1.29, 1.82) is 0 Å². The van der Waals surface area contributed by atoms with Crippen LogP contribution < -0.4 is 5.32 Å². The van der Waals surface area contributed by atoms with Crippen LogP contribution in [0, 0.1) is 6.92 Å². The summed E-state index contributed by atoms with van der Waals surface area (Å²) in [7, 11) is 3.33. The van der Waals surface area contributed by atoms with Gasteiger partial charge in [-0.1, -0.05) is 0 Å². The Bertz CT molecular complexity index is 583. The van der Waals surface area contributed by atoms with Gasteiger partial charge in [0.2, 0.25) is 0 Å². The molecule has 0 unspecified atom stereocenters. The summed E-state index contributed by atoms with van der Waals surface area (Å²) in [6.45, 7) is 2.79. The summed E-state index contributed by atoms with van der Waals surface area (Å²) in [6.07, 6.45) is -2.66. The van der Waals surface area contributed by atoms with Crippen LogP contribution in [0.4, 0.5) is 13.2 Å². The topological polar surface area (TPSA) is 47.7 Å². The van der Waals surface area contributed by atoms with E-state index in [9.17, 15) is 13.2 Å². The molecule has 2 heterocycles. The molecule has 0 aliphatic rings. The highest BCUT2D eigenvalue weighted by Gasteiger charge is 2.34. The summed E-state index contributed by atoms with van der Waals surface area (Å²) in [4.78, 5) is 0. The van der Waals surface area contributed by atoms with Crippen molar-refractivity contribution in [2.75, 3.05) is 0 Å². The largest absolute Gasteiger partial charge is 0.435 e. The van der Waals surface area contributed by atoms with Crippen LogP contribution in [0.25, 0.3) is 0 Å². The van der Waals surface area contributed by atoms with E-state index in [2.05, 4.69) is 15.5 Å². The summed E-state index contributed by atoms with van der Waals surface area (Å²) in [5, 5.41) is 10.7. The fourth-order valence-corrected chi connectivity index (χ4v) is 1.95. The Balaban J connectivity index is 0.00000220. The number of aryl methyl sites for hydroxylation is 3. The zero-order chi connectivity index (χ0) is 14.9. The highest BCUT2D eigenvalue weighted by Crippen LogP contribution is 2.28. The fourth-order valence-electron chi connectivity index (χ4n) is 1.95. The molecule has 2 aromatic heterocycles. The molecule has 118 valence electrons. The van der Waals surface area contributed by atoms with Crippen LogP contribution >= 0.6 is 12.4 Å². The Kier molecular flexibility index (Phi) is 5.41. The van der Waals surface area contributed by atoms with Gasteiger partial charge in [-0.05, 0) is 18.6 Å². The molecule has 1 N–H and O–H groups in total. The van der Waals surface area contributed by atoms with Crippen molar-refractivity contribution in [1.82, 2.24) is 24.9 Å². The Morgan fingerprint density at radius 1 is 1.19 bits per heavy atom. The number of hydrogen-bond donors (Lipinski definition) is 1. The van der Waals surface area contributed by atoms with Gasteiger partial charge in [0.25, 0.3) is 0 Å². The molecule has 0 fully saturated rings. The van der Waals surface area contributed by atoms with Crippen LogP contribution in [0.1, 0.15) is 22.6 Å². The second-order valence-corrected chi connectivity index (χ2v) is 4.64. The number of aromatic nitrogens is 4. The van der Waals surface area contributed by atoms with Crippen molar-refractivity contribution in [2.45, 2.75) is 26.2 Å². The molecule has 0 saturated carbocycles. The van der Waals surface area contributed by atoms with Gasteiger partial charge >= 0.3 is 6.18 Å². The number of rotatable bonds is 4. The molecule has 0 aromatic carbocycles. The molecule has 0 atom stereocenters. The lowest BCUT2D eigenvalue weighted by Crippen LogP contribution is -2.17. The van der Waals surface area contributed by atoms with Gasteiger partial charge in [0.1, 0.15) is 0 Å². The van der Waals surface area contributed by atoms with Crippen molar-refractivity contribution >= 4 is 12.4 Å². The smallest absolute Gasteiger partial charge is 0.306 e. The molecule has 9 heteroatoms. The van der Waals surface area contributed by atoms with E-state index >= 15 is 0 Å². The predicted octanol–water partition coefficient (Wildman–Crippen LogP) is 2.19. The third kappa shape index (κ3) is 3.98. The van der Waals surface area contributed by atoms with E-state index in [0.29, 0.717) is 18.8 Å². The van der Waals surface area contributed by atoms with Crippen LogP contribution in [0.15, 0.2) is 12.3 Å². The number of hydrogen-bond acceptors (Lipinski definition) is 3. The predicted molar refractivity (Wildman–Crippen MR) is 73.9 cm³/mol. The fraction of sp³-hybridized carbons (Fsp3) is 0.500. The van der Waals surface area contributed by atoms with E-state index < -0.39 is 11.9 Å². The second-order valence-electron chi connectivity index (χ2n) is 4.64. The number of alkyl halides is 3. The highest BCUT2D eigenvalue weighted by molar-refractivity contribution is 5.85. The average Bonchev–Trinajstić information content (AvgIpc) is 2.86. The molecular weight excluding hydrogens is 307 g/mol. The Labute approximate surface area is 126 Å².